The quantitative estimate of drug-likeness (QED) is 0.708. The van der Waals surface area contributed by atoms with Crippen LogP contribution in [0.3, 0.4) is 0 Å². The minimum absolute atomic E-state index is 0.0116. The van der Waals surface area contributed by atoms with Gasteiger partial charge in [0.25, 0.3) is 0 Å². The molecule has 0 bridgehead atoms. The van der Waals surface area contributed by atoms with Gasteiger partial charge in [0.05, 0.1) is 6.54 Å². The lowest BCUT2D eigenvalue weighted by atomic mass is 9.50. The van der Waals surface area contributed by atoms with E-state index in [-0.39, 0.29) is 53.6 Å². The summed E-state index contributed by atoms with van der Waals surface area (Å²) >= 11 is 0. The van der Waals surface area contributed by atoms with Crippen molar-refractivity contribution in [2.75, 3.05) is 13.6 Å². The highest BCUT2D eigenvalue weighted by Gasteiger charge is 2.52. The average molecular weight is 439 g/mol. The van der Waals surface area contributed by atoms with E-state index in [1.165, 1.54) is 5.57 Å². The van der Waals surface area contributed by atoms with Crippen LogP contribution in [0, 0.1) is 47.3 Å². The topological polar surface area (TPSA) is 92.3 Å². The van der Waals surface area contributed by atoms with Crippen molar-refractivity contribution in [2.24, 2.45) is 47.3 Å². The zero-order valence-electron chi connectivity index (χ0n) is 18.8. The first-order valence-electron chi connectivity index (χ1n) is 12.4. The summed E-state index contributed by atoms with van der Waals surface area (Å²) in [6.45, 7) is 0.0116. The Morgan fingerprint density at radius 1 is 1.00 bits per heavy atom. The third kappa shape index (κ3) is 3.75. The van der Waals surface area contributed by atoms with Gasteiger partial charge in [-0.3, -0.25) is 19.2 Å². The molecular formula is C26H34N2O4. The molecule has 3 fully saturated rings. The third-order valence-corrected chi connectivity index (χ3v) is 9.19. The SMILES string of the molecule is CNC(=O)CNC(=O)C1CCC2CCC3C4CCC5CC(=O)C=CC5C4=CC(=O)C3C2C1. The lowest BCUT2D eigenvalue weighted by Gasteiger charge is -2.53. The summed E-state index contributed by atoms with van der Waals surface area (Å²) in [4.78, 5) is 49.6. The van der Waals surface area contributed by atoms with E-state index in [2.05, 4.69) is 16.7 Å². The minimum atomic E-state index is -0.195. The molecule has 2 N–H and O–H groups in total. The molecule has 3 saturated carbocycles. The van der Waals surface area contributed by atoms with Crippen LogP contribution in [0.1, 0.15) is 51.4 Å². The molecule has 5 aliphatic rings. The van der Waals surface area contributed by atoms with E-state index in [1.54, 1.807) is 13.1 Å². The van der Waals surface area contributed by atoms with Crippen molar-refractivity contribution < 1.29 is 19.2 Å². The fourth-order valence-corrected chi connectivity index (χ4v) is 7.70. The van der Waals surface area contributed by atoms with Crippen LogP contribution in [0.5, 0.6) is 0 Å². The van der Waals surface area contributed by atoms with Crippen molar-refractivity contribution in [3.05, 3.63) is 23.8 Å². The van der Waals surface area contributed by atoms with Gasteiger partial charge in [-0.15, -0.1) is 0 Å². The molecule has 0 aliphatic heterocycles. The Morgan fingerprint density at radius 2 is 1.78 bits per heavy atom. The summed E-state index contributed by atoms with van der Waals surface area (Å²) in [5, 5.41) is 5.31. The monoisotopic (exact) mass is 438 g/mol. The van der Waals surface area contributed by atoms with Crippen molar-refractivity contribution in [3.63, 3.8) is 0 Å². The van der Waals surface area contributed by atoms with Crippen LogP contribution in [0.4, 0.5) is 0 Å². The number of ketones is 2. The van der Waals surface area contributed by atoms with Crippen molar-refractivity contribution in [2.45, 2.75) is 51.4 Å². The van der Waals surface area contributed by atoms with E-state index in [0.717, 1.165) is 44.9 Å². The second kappa shape index (κ2) is 8.60. The number of amides is 2. The minimum Gasteiger partial charge on any atom is -0.358 e. The van der Waals surface area contributed by atoms with E-state index in [4.69, 9.17) is 0 Å². The molecule has 2 amide bonds. The molecule has 6 nitrogen and oxygen atoms in total. The van der Waals surface area contributed by atoms with Crippen LogP contribution in [0.15, 0.2) is 23.8 Å². The summed E-state index contributed by atoms with van der Waals surface area (Å²) < 4.78 is 0. The Bertz CT molecular complexity index is 890. The Kier molecular flexibility index (Phi) is 5.81. The Labute approximate surface area is 189 Å². The van der Waals surface area contributed by atoms with Gasteiger partial charge >= 0.3 is 0 Å². The molecule has 32 heavy (non-hydrogen) atoms. The second-order valence-electron chi connectivity index (χ2n) is 10.6. The van der Waals surface area contributed by atoms with E-state index < -0.39 is 0 Å². The average Bonchev–Trinajstić information content (AvgIpc) is 2.81. The van der Waals surface area contributed by atoms with Crippen LogP contribution in [-0.4, -0.2) is 37.0 Å². The number of rotatable bonds is 3. The largest absolute Gasteiger partial charge is 0.358 e. The normalized spacial score (nSPS) is 40.2. The first-order valence-corrected chi connectivity index (χ1v) is 12.4. The molecule has 5 aliphatic carbocycles. The number of carbonyl (C=O) groups excluding carboxylic acids is 4. The van der Waals surface area contributed by atoms with Gasteiger partial charge in [-0.05, 0) is 86.7 Å². The predicted octanol–water partition coefficient (Wildman–Crippen LogP) is 2.59. The van der Waals surface area contributed by atoms with E-state index in [1.807, 2.05) is 6.08 Å². The van der Waals surface area contributed by atoms with Gasteiger partial charge in [0.1, 0.15) is 0 Å². The molecule has 172 valence electrons. The molecule has 0 saturated heterocycles. The van der Waals surface area contributed by atoms with Gasteiger partial charge < -0.3 is 10.6 Å². The first kappa shape index (κ1) is 21.6. The van der Waals surface area contributed by atoms with Gasteiger partial charge in [-0.1, -0.05) is 11.6 Å². The van der Waals surface area contributed by atoms with Crippen LogP contribution in [0.25, 0.3) is 0 Å². The molecule has 0 aromatic rings. The standard InChI is InChI=1S/C26H34N2O4/c1-27-24(31)13-28-26(32)16-3-2-14-4-8-20-19-7-5-15-10-17(29)6-9-18(15)22(19)12-23(30)25(20)21(14)11-16/h6,9,12,14-16,18-21,25H,2-5,7-8,10-11,13H2,1H3,(H,27,31)(H,28,32). The Balaban J connectivity index is 1.34. The summed E-state index contributed by atoms with van der Waals surface area (Å²) in [6, 6.07) is 0. The number of nitrogens with one attached hydrogen (secondary N) is 2. The van der Waals surface area contributed by atoms with Gasteiger partial charge in [-0.25, -0.2) is 0 Å². The number of fused-ring (bicyclic) bond motifs is 7. The third-order valence-electron chi connectivity index (χ3n) is 9.19. The molecule has 0 aromatic carbocycles. The van der Waals surface area contributed by atoms with Crippen molar-refractivity contribution in [1.82, 2.24) is 10.6 Å². The van der Waals surface area contributed by atoms with Crippen molar-refractivity contribution in [3.8, 4) is 0 Å². The summed E-state index contributed by atoms with van der Waals surface area (Å²) in [5.41, 5.74) is 1.28. The van der Waals surface area contributed by atoms with Gasteiger partial charge in [-0.2, -0.15) is 0 Å². The van der Waals surface area contributed by atoms with Crippen LogP contribution in [0.2, 0.25) is 0 Å². The highest BCUT2D eigenvalue weighted by atomic mass is 16.2. The fraction of sp³-hybridized carbons (Fsp3) is 0.692. The van der Waals surface area contributed by atoms with Gasteiger partial charge in [0.2, 0.25) is 11.8 Å². The molecule has 8 unspecified atom stereocenters. The lowest BCUT2D eigenvalue weighted by molar-refractivity contribution is -0.135. The van der Waals surface area contributed by atoms with Crippen molar-refractivity contribution >= 4 is 23.4 Å². The first-order chi connectivity index (χ1) is 15.5. The van der Waals surface area contributed by atoms with Crippen molar-refractivity contribution in [1.29, 1.82) is 0 Å². The molecule has 6 heteroatoms. The molecule has 8 atom stereocenters. The smallest absolute Gasteiger partial charge is 0.239 e. The zero-order chi connectivity index (χ0) is 22.4. The maximum absolute atomic E-state index is 13.5. The highest BCUT2D eigenvalue weighted by Crippen LogP contribution is 2.57. The molecule has 5 rings (SSSR count). The highest BCUT2D eigenvalue weighted by molar-refractivity contribution is 5.95. The number of carbonyl (C=O) groups is 4. The summed E-state index contributed by atoms with van der Waals surface area (Å²) in [5.74, 6) is 2.38. The number of allylic oxidation sites excluding steroid dienone is 4. The number of likely N-dealkylation sites (N-methyl/N-ethyl adjacent to an activating group) is 1. The molecule has 0 aromatic heterocycles. The number of hydrogen-bond donors (Lipinski definition) is 2. The second-order valence-corrected chi connectivity index (χ2v) is 10.6. The van der Waals surface area contributed by atoms with E-state index in [9.17, 15) is 19.2 Å². The van der Waals surface area contributed by atoms with E-state index >= 15 is 0 Å². The lowest BCUT2D eigenvalue weighted by Crippen LogP contribution is -2.50. The van der Waals surface area contributed by atoms with Gasteiger partial charge in [0.15, 0.2) is 11.6 Å². The zero-order valence-corrected chi connectivity index (χ0v) is 18.8. The van der Waals surface area contributed by atoms with Gasteiger partial charge in [0, 0.05) is 31.2 Å². The maximum Gasteiger partial charge on any atom is 0.239 e. The Morgan fingerprint density at radius 3 is 2.59 bits per heavy atom. The summed E-state index contributed by atoms with van der Waals surface area (Å²) in [6.07, 6.45) is 13.3. The molecule has 0 spiro atoms. The molecular weight excluding hydrogens is 404 g/mol. The molecule has 0 heterocycles. The van der Waals surface area contributed by atoms with Crippen LogP contribution in [-0.2, 0) is 19.2 Å². The fourth-order valence-electron chi connectivity index (χ4n) is 7.70. The molecule has 0 radical (unpaired) electrons. The summed E-state index contributed by atoms with van der Waals surface area (Å²) in [7, 11) is 1.56. The van der Waals surface area contributed by atoms with Crippen LogP contribution >= 0.6 is 0 Å². The predicted molar refractivity (Wildman–Crippen MR) is 119 cm³/mol. The van der Waals surface area contributed by atoms with Crippen LogP contribution < -0.4 is 10.6 Å². The van der Waals surface area contributed by atoms with E-state index in [0.29, 0.717) is 30.1 Å². The number of hydrogen-bond acceptors (Lipinski definition) is 4. The maximum atomic E-state index is 13.5. The Hall–Kier alpha value is -2.24.